The Labute approximate surface area is 141 Å². The molecule has 1 N–H and O–H groups in total. The molecule has 0 aliphatic heterocycles. The molecule has 0 radical (unpaired) electrons. The predicted molar refractivity (Wildman–Crippen MR) is 91.0 cm³/mol. The van der Waals surface area contributed by atoms with Crippen molar-refractivity contribution in [2.24, 2.45) is 0 Å². The molecular weight excluding hydrogens is 333 g/mol. The van der Waals surface area contributed by atoms with Gasteiger partial charge in [0.15, 0.2) is 5.69 Å². The first-order chi connectivity index (χ1) is 11.5. The van der Waals surface area contributed by atoms with Gasteiger partial charge in [0, 0.05) is 17.0 Å². The number of hydrogen-bond donors (Lipinski definition) is 1. The van der Waals surface area contributed by atoms with Crippen LogP contribution < -0.4 is 10.9 Å². The Hall–Kier alpha value is -2.73. The van der Waals surface area contributed by atoms with Gasteiger partial charge >= 0.3 is 0 Å². The summed E-state index contributed by atoms with van der Waals surface area (Å²) >= 11 is 5.70. The lowest BCUT2D eigenvalue weighted by molar-refractivity contribution is 0.102. The lowest BCUT2D eigenvalue weighted by atomic mass is 10.1. The fraction of sp³-hybridized carbons (Fsp3) is 0.118. The Balaban J connectivity index is 2.10. The number of benzene rings is 2. The van der Waals surface area contributed by atoms with Gasteiger partial charge in [-0.05, 0) is 31.2 Å². The van der Waals surface area contributed by atoms with Crippen LogP contribution in [0.1, 0.15) is 17.4 Å². The fourth-order valence-corrected chi connectivity index (χ4v) is 2.55. The van der Waals surface area contributed by atoms with Gasteiger partial charge in [-0.3, -0.25) is 9.59 Å². The second-order valence-corrected chi connectivity index (χ2v) is 5.53. The standard InChI is InChI=1S/C17H13ClFN3O2/c1-2-22-17(24)12-6-4-3-5-11(12)15(21-22)16(23)20-14-8-7-10(18)9-13(14)19/h3-9H,2H2,1H3,(H,20,23). The number of nitrogens with one attached hydrogen (secondary N) is 1. The molecule has 0 saturated carbocycles. The highest BCUT2D eigenvalue weighted by Gasteiger charge is 2.17. The molecule has 1 aromatic heterocycles. The maximum Gasteiger partial charge on any atom is 0.276 e. The van der Waals surface area contributed by atoms with Crippen molar-refractivity contribution in [2.75, 3.05) is 5.32 Å². The molecule has 0 bridgehead atoms. The first-order valence-electron chi connectivity index (χ1n) is 7.27. The van der Waals surface area contributed by atoms with Crippen LogP contribution >= 0.6 is 11.6 Å². The third-order valence-electron chi connectivity index (χ3n) is 3.56. The summed E-state index contributed by atoms with van der Waals surface area (Å²) in [6.45, 7) is 2.07. The van der Waals surface area contributed by atoms with Gasteiger partial charge in [-0.15, -0.1) is 0 Å². The maximum absolute atomic E-state index is 13.9. The Morgan fingerprint density at radius 3 is 2.62 bits per heavy atom. The zero-order valence-corrected chi connectivity index (χ0v) is 13.5. The van der Waals surface area contributed by atoms with Crippen LogP contribution in [0.2, 0.25) is 5.02 Å². The summed E-state index contributed by atoms with van der Waals surface area (Å²) in [5, 5.41) is 7.60. The van der Waals surface area contributed by atoms with Crippen molar-refractivity contribution < 1.29 is 9.18 Å². The van der Waals surface area contributed by atoms with Gasteiger partial charge in [0.25, 0.3) is 11.5 Å². The second kappa shape index (κ2) is 6.41. The number of halogens is 2. The molecular formula is C17H13ClFN3O2. The summed E-state index contributed by atoms with van der Waals surface area (Å²) in [4.78, 5) is 24.8. The first kappa shape index (κ1) is 16.1. The lowest BCUT2D eigenvalue weighted by Gasteiger charge is -2.10. The molecule has 0 spiro atoms. The number of aryl methyl sites for hydroxylation is 1. The Morgan fingerprint density at radius 2 is 1.96 bits per heavy atom. The van der Waals surface area contributed by atoms with Crippen molar-refractivity contribution in [3.05, 3.63) is 69.4 Å². The van der Waals surface area contributed by atoms with E-state index in [1.807, 2.05) is 0 Å². The van der Waals surface area contributed by atoms with Crippen molar-refractivity contribution in [2.45, 2.75) is 13.5 Å². The minimum atomic E-state index is -0.649. The van der Waals surface area contributed by atoms with E-state index >= 15 is 0 Å². The van der Waals surface area contributed by atoms with E-state index in [-0.39, 0.29) is 22.0 Å². The lowest BCUT2D eigenvalue weighted by Crippen LogP contribution is -2.27. The van der Waals surface area contributed by atoms with Crippen molar-refractivity contribution in [3.63, 3.8) is 0 Å². The molecule has 5 nitrogen and oxygen atoms in total. The van der Waals surface area contributed by atoms with Gasteiger partial charge < -0.3 is 5.32 Å². The SMILES string of the molecule is CCn1nc(C(=O)Nc2ccc(Cl)cc2F)c2ccccc2c1=O. The molecule has 0 fully saturated rings. The van der Waals surface area contributed by atoms with Crippen molar-refractivity contribution >= 4 is 34.0 Å². The molecule has 2 aromatic carbocycles. The van der Waals surface area contributed by atoms with Crippen LogP contribution in [-0.4, -0.2) is 15.7 Å². The van der Waals surface area contributed by atoms with Crippen LogP contribution in [0.15, 0.2) is 47.3 Å². The van der Waals surface area contributed by atoms with Crippen LogP contribution in [0.3, 0.4) is 0 Å². The quantitative estimate of drug-likeness (QED) is 0.790. The predicted octanol–water partition coefficient (Wildman–Crippen LogP) is 3.46. The Kier molecular flexibility index (Phi) is 4.31. The Bertz CT molecular complexity index is 1000. The number of aromatic nitrogens is 2. The Morgan fingerprint density at radius 1 is 1.25 bits per heavy atom. The molecule has 1 heterocycles. The van der Waals surface area contributed by atoms with Crippen LogP contribution in [0.4, 0.5) is 10.1 Å². The molecule has 3 aromatic rings. The van der Waals surface area contributed by atoms with Crippen molar-refractivity contribution in [1.82, 2.24) is 9.78 Å². The molecule has 0 aliphatic rings. The highest BCUT2D eigenvalue weighted by Crippen LogP contribution is 2.20. The van der Waals surface area contributed by atoms with Gasteiger partial charge in [0.1, 0.15) is 5.82 Å². The fourth-order valence-electron chi connectivity index (χ4n) is 2.39. The van der Waals surface area contributed by atoms with E-state index in [2.05, 4.69) is 10.4 Å². The molecule has 7 heteroatoms. The molecule has 0 atom stereocenters. The highest BCUT2D eigenvalue weighted by molar-refractivity contribution is 6.30. The van der Waals surface area contributed by atoms with Crippen molar-refractivity contribution in [1.29, 1.82) is 0 Å². The number of hydrogen-bond acceptors (Lipinski definition) is 3. The highest BCUT2D eigenvalue weighted by atomic mass is 35.5. The molecule has 3 rings (SSSR count). The van der Waals surface area contributed by atoms with E-state index in [1.54, 1.807) is 31.2 Å². The summed E-state index contributed by atoms with van der Waals surface area (Å²) in [5.41, 5.74) is -0.228. The summed E-state index contributed by atoms with van der Waals surface area (Å²) in [5.74, 6) is -1.25. The van der Waals surface area contributed by atoms with Crippen LogP contribution in [-0.2, 0) is 6.54 Å². The van der Waals surface area contributed by atoms with E-state index in [4.69, 9.17) is 11.6 Å². The number of nitrogens with zero attached hydrogens (tertiary/aromatic N) is 2. The van der Waals surface area contributed by atoms with Crippen LogP contribution in [0, 0.1) is 5.82 Å². The average molecular weight is 346 g/mol. The first-order valence-corrected chi connectivity index (χ1v) is 7.65. The summed E-state index contributed by atoms with van der Waals surface area (Å²) in [7, 11) is 0. The molecule has 0 saturated heterocycles. The van der Waals surface area contributed by atoms with E-state index in [1.165, 1.54) is 16.8 Å². The van der Waals surface area contributed by atoms with Gasteiger partial charge in [-0.2, -0.15) is 5.10 Å². The third-order valence-corrected chi connectivity index (χ3v) is 3.80. The minimum Gasteiger partial charge on any atom is -0.318 e. The zero-order chi connectivity index (χ0) is 17.3. The summed E-state index contributed by atoms with van der Waals surface area (Å²) in [6, 6.07) is 10.6. The van der Waals surface area contributed by atoms with E-state index in [0.717, 1.165) is 6.07 Å². The number of carbonyl (C=O) groups excluding carboxylic acids is 1. The minimum absolute atomic E-state index is 0.00969. The number of anilines is 1. The molecule has 24 heavy (non-hydrogen) atoms. The van der Waals surface area contributed by atoms with E-state index < -0.39 is 11.7 Å². The van der Waals surface area contributed by atoms with Gasteiger partial charge in [-0.1, -0.05) is 29.8 Å². The van der Waals surface area contributed by atoms with Crippen LogP contribution in [0.25, 0.3) is 10.8 Å². The van der Waals surface area contributed by atoms with Crippen LogP contribution in [0.5, 0.6) is 0 Å². The monoisotopic (exact) mass is 345 g/mol. The zero-order valence-electron chi connectivity index (χ0n) is 12.7. The number of rotatable bonds is 3. The van der Waals surface area contributed by atoms with Crippen molar-refractivity contribution in [3.8, 4) is 0 Å². The van der Waals surface area contributed by atoms with Gasteiger partial charge in [0.05, 0.1) is 11.1 Å². The largest absolute Gasteiger partial charge is 0.318 e. The van der Waals surface area contributed by atoms with Gasteiger partial charge in [0.2, 0.25) is 0 Å². The number of carbonyl (C=O) groups is 1. The maximum atomic E-state index is 13.9. The molecule has 0 unspecified atom stereocenters. The van der Waals surface area contributed by atoms with Gasteiger partial charge in [-0.25, -0.2) is 9.07 Å². The molecule has 1 amide bonds. The number of fused-ring (bicyclic) bond motifs is 1. The smallest absolute Gasteiger partial charge is 0.276 e. The number of amides is 1. The van der Waals surface area contributed by atoms with E-state index in [9.17, 15) is 14.0 Å². The average Bonchev–Trinajstić information content (AvgIpc) is 2.58. The summed E-state index contributed by atoms with van der Waals surface area (Å²) < 4.78 is 15.1. The topological polar surface area (TPSA) is 64.0 Å². The third kappa shape index (κ3) is 2.88. The molecule has 0 aliphatic carbocycles. The second-order valence-electron chi connectivity index (χ2n) is 5.09. The van der Waals surface area contributed by atoms with E-state index in [0.29, 0.717) is 17.3 Å². The normalized spacial score (nSPS) is 10.8. The molecule has 122 valence electrons. The summed E-state index contributed by atoms with van der Waals surface area (Å²) in [6.07, 6.45) is 0.